The Morgan fingerprint density at radius 3 is 2.66 bits per heavy atom. The summed E-state index contributed by atoms with van der Waals surface area (Å²) in [5.74, 6) is 0.0220. The number of aromatic nitrogens is 1. The molecule has 1 aliphatic carbocycles. The molecule has 2 aromatic rings. The van der Waals surface area contributed by atoms with Crippen LogP contribution in [0.4, 0.5) is 0 Å². The zero-order chi connectivity index (χ0) is 24.4. The van der Waals surface area contributed by atoms with E-state index in [0.717, 1.165) is 48.3 Å². The molecule has 192 valence electrons. The third-order valence-electron chi connectivity index (χ3n) is 8.78. The van der Waals surface area contributed by atoms with Gasteiger partial charge >= 0.3 is 0 Å². The van der Waals surface area contributed by atoms with Crippen LogP contribution in [0.2, 0.25) is 0 Å². The fourth-order valence-corrected chi connectivity index (χ4v) is 7.46. The summed E-state index contributed by atoms with van der Waals surface area (Å²) in [7, 11) is 0. The zero-order valence-corrected chi connectivity index (χ0v) is 22.4. The molecule has 7 heteroatoms. The van der Waals surface area contributed by atoms with Crippen molar-refractivity contribution < 1.29 is 9.59 Å². The summed E-state index contributed by atoms with van der Waals surface area (Å²) in [6.45, 7) is 7.58. The number of carbonyl (C=O) groups is 2. The van der Waals surface area contributed by atoms with Crippen LogP contribution < -0.4 is 5.32 Å². The molecule has 0 radical (unpaired) electrons. The smallest absolute Gasteiger partial charge is 0.271 e. The summed E-state index contributed by atoms with van der Waals surface area (Å²) in [5, 5.41) is 5.46. The van der Waals surface area contributed by atoms with Gasteiger partial charge in [-0.25, -0.2) is 0 Å². The maximum atomic E-state index is 13.9. The number of nitrogens with zero attached hydrogens (tertiary/aromatic N) is 3. The van der Waals surface area contributed by atoms with Crippen LogP contribution in [-0.4, -0.2) is 63.4 Å². The lowest BCUT2D eigenvalue weighted by Gasteiger charge is -2.45. The predicted octanol–water partition coefficient (Wildman–Crippen LogP) is 5.41. The van der Waals surface area contributed by atoms with E-state index < -0.39 is 5.54 Å². The molecule has 35 heavy (non-hydrogen) atoms. The third-order valence-corrected chi connectivity index (χ3v) is 9.63. The van der Waals surface area contributed by atoms with E-state index in [1.165, 1.54) is 51.4 Å². The Kier molecular flexibility index (Phi) is 7.54. The second-order valence-corrected chi connectivity index (χ2v) is 12.1. The van der Waals surface area contributed by atoms with E-state index in [4.69, 9.17) is 0 Å². The summed E-state index contributed by atoms with van der Waals surface area (Å²) >= 11 is 1.66. The molecule has 0 spiro atoms. The average Bonchev–Trinajstić information content (AvgIpc) is 3.36. The molecule has 5 rings (SSSR count). The number of hydrogen-bond donors (Lipinski definition) is 1. The van der Waals surface area contributed by atoms with Crippen LogP contribution in [-0.2, 0) is 11.3 Å². The molecule has 4 heterocycles. The third kappa shape index (κ3) is 4.91. The van der Waals surface area contributed by atoms with E-state index in [1.807, 2.05) is 17.9 Å². The highest BCUT2D eigenvalue weighted by molar-refractivity contribution is 7.17. The first-order valence-corrected chi connectivity index (χ1v) is 14.8. The Morgan fingerprint density at radius 2 is 1.89 bits per heavy atom. The largest absolute Gasteiger partial charge is 0.351 e. The molecule has 2 atom stereocenters. The van der Waals surface area contributed by atoms with Crippen LogP contribution in [0.15, 0.2) is 17.5 Å². The lowest BCUT2D eigenvalue weighted by Crippen LogP contribution is -2.65. The van der Waals surface area contributed by atoms with E-state index in [9.17, 15) is 9.59 Å². The van der Waals surface area contributed by atoms with E-state index in [1.54, 1.807) is 11.3 Å². The van der Waals surface area contributed by atoms with Crippen LogP contribution in [0, 0.1) is 0 Å². The summed E-state index contributed by atoms with van der Waals surface area (Å²) in [6.07, 6.45) is 12.9. The predicted molar refractivity (Wildman–Crippen MR) is 143 cm³/mol. The topological polar surface area (TPSA) is 57.6 Å². The van der Waals surface area contributed by atoms with Gasteiger partial charge in [-0.15, -0.1) is 11.3 Å². The number of carbonyl (C=O) groups excluding carboxylic acids is 2. The molecule has 2 fully saturated rings. The van der Waals surface area contributed by atoms with Crippen molar-refractivity contribution in [2.75, 3.05) is 19.6 Å². The highest BCUT2D eigenvalue weighted by Crippen LogP contribution is 2.35. The highest BCUT2D eigenvalue weighted by Gasteiger charge is 2.48. The molecule has 6 nitrogen and oxygen atoms in total. The number of piperidine rings is 1. The first-order valence-electron chi connectivity index (χ1n) is 13.9. The number of amides is 2. The first-order chi connectivity index (χ1) is 17.0. The van der Waals surface area contributed by atoms with Crippen LogP contribution in [0.3, 0.4) is 0 Å². The molecule has 3 aliphatic rings. The molecule has 2 aromatic heterocycles. The van der Waals surface area contributed by atoms with Crippen LogP contribution in [0.1, 0.15) is 95.0 Å². The summed E-state index contributed by atoms with van der Waals surface area (Å²) in [4.78, 5) is 32.3. The summed E-state index contributed by atoms with van der Waals surface area (Å²) < 4.78 is 3.22. The van der Waals surface area contributed by atoms with Gasteiger partial charge in [-0.2, -0.15) is 0 Å². The number of hydrogen-bond acceptors (Lipinski definition) is 4. The van der Waals surface area contributed by atoms with Crippen molar-refractivity contribution in [2.45, 2.75) is 109 Å². The maximum absolute atomic E-state index is 13.9. The monoisotopic (exact) mass is 498 g/mol. The van der Waals surface area contributed by atoms with Crippen LogP contribution >= 0.6 is 11.3 Å². The van der Waals surface area contributed by atoms with Crippen LogP contribution in [0.5, 0.6) is 0 Å². The molecule has 2 aliphatic heterocycles. The Hall–Kier alpha value is -1.86. The van der Waals surface area contributed by atoms with Gasteiger partial charge in [0.05, 0.1) is 16.8 Å². The maximum Gasteiger partial charge on any atom is 0.271 e. The Labute approximate surface area is 214 Å². The van der Waals surface area contributed by atoms with Crippen molar-refractivity contribution in [2.24, 2.45) is 0 Å². The minimum Gasteiger partial charge on any atom is -0.351 e. The summed E-state index contributed by atoms with van der Waals surface area (Å²) in [5.41, 5.74) is 0.928. The highest BCUT2D eigenvalue weighted by atomic mass is 32.1. The molecular formula is C28H42N4O2S. The standard InChI is InChI=1S/C28H42N4O2S/c1-3-22-13-8-9-15-30(22)16-10-17-32-26(33)24-19-25-23(14-18-35-25)31(24)20-28(32,2)27(34)29-21-11-6-4-5-7-12-21/h14,18-19,21-22H,3-13,15-17,20H2,1-2H3,(H,29,34)/t22-,28+/m1/s1. The van der Waals surface area contributed by atoms with Gasteiger partial charge in [-0.05, 0) is 69.5 Å². The van der Waals surface area contributed by atoms with Crippen molar-refractivity contribution in [3.8, 4) is 0 Å². The normalized spacial score (nSPS) is 26.6. The zero-order valence-electron chi connectivity index (χ0n) is 21.6. The van der Waals surface area contributed by atoms with Crippen molar-refractivity contribution in [1.82, 2.24) is 19.7 Å². The van der Waals surface area contributed by atoms with Crippen molar-refractivity contribution in [3.05, 3.63) is 23.2 Å². The lowest BCUT2D eigenvalue weighted by molar-refractivity contribution is -0.133. The fourth-order valence-electron chi connectivity index (χ4n) is 6.64. The van der Waals surface area contributed by atoms with E-state index in [-0.39, 0.29) is 17.9 Å². The second-order valence-electron chi connectivity index (χ2n) is 11.1. The van der Waals surface area contributed by atoms with Gasteiger partial charge in [0.25, 0.3) is 5.91 Å². The minimum absolute atomic E-state index is 0.00357. The number of nitrogens with one attached hydrogen (secondary N) is 1. The molecular weight excluding hydrogens is 456 g/mol. The Morgan fingerprint density at radius 1 is 1.11 bits per heavy atom. The van der Waals surface area contributed by atoms with Gasteiger partial charge in [-0.3, -0.25) is 9.59 Å². The van der Waals surface area contributed by atoms with E-state index in [0.29, 0.717) is 19.1 Å². The molecule has 0 unspecified atom stereocenters. The SMILES string of the molecule is CC[C@@H]1CCCCN1CCCN1C(=O)c2cc3sccc3n2C[C@@]1(C)C(=O)NC1CCCCCC1. The Balaban J connectivity index is 1.37. The number of rotatable bonds is 7. The molecule has 1 saturated heterocycles. The van der Waals surface area contributed by atoms with Crippen molar-refractivity contribution >= 4 is 33.4 Å². The van der Waals surface area contributed by atoms with E-state index >= 15 is 0 Å². The lowest BCUT2D eigenvalue weighted by atomic mass is 9.93. The van der Waals surface area contributed by atoms with Gasteiger partial charge in [0.15, 0.2) is 0 Å². The molecule has 0 aromatic carbocycles. The van der Waals surface area contributed by atoms with Gasteiger partial charge in [-0.1, -0.05) is 39.0 Å². The van der Waals surface area contributed by atoms with Crippen molar-refractivity contribution in [3.63, 3.8) is 0 Å². The summed E-state index contributed by atoms with van der Waals surface area (Å²) in [6, 6.07) is 4.99. The van der Waals surface area contributed by atoms with Gasteiger partial charge in [0.1, 0.15) is 11.2 Å². The van der Waals surface area contributed by atoms with Gasteiger partial charge in [0.2, 0.25) is 5.91 Å². The minimum atomic E-state index is -0.879. The van der Waals surface area contributed by atoms with Crippen LogP contribution in [0.25, 0.3) is 10.2 Å². The first kappa shape index (κ1) is 24.8. The van der Waals surface area contributed by atoms with Gasteiger partial charge < -0.3 is 19.7 Å². The van der Waals surface area contributed by atoms with Crippen molar-refractivity contribution in [1.29, 1.82) is 0 Å². The number of thiophene rings is 1. The fraction of sp³-hybridized carbons (Fsp3) is 0.714. The number of likely N-dealkylation sites (tertiary alicyclic amines) is 1. The number of fused-ring (bicyclic) bond motifs is 3. The molecule has 1 saturated carbocycles. The Bertz CT molecular complexity index is 1040. The van der Waals surface area contributed by atoms with E-state index in [2.05, 4.69) is 33.2 Å². The average molecular weight is 499 g/mol. The molecule has 2 amide bonds. The molecule has 0 bridgehead atoms. The quantitative estimate of drug-likeness (QED) is 0.519. The second kappa shape index (κ2) is 10.6. The van der Waals surface area contributed by atoms with Gasteiger partial charge in [0, 0.05) is 25.2 Å². The molecule has 1 N–H and O–H groups in total.